The number of nitrogens with zero attached hydrogens (tertiary/aromatic N) is 1. The van der Waals surface area contributed by atoms with Gasteiger partial charge in [-0.25, -0.2) is 4.79 Å². The minimum absolute atomic E-state index is 0.211. The molecule has 122 valence electrons. The summed E-state index contributed by atoms with van der Waals surface area (Å²) in [6.07, 6.45) is 0. The first-order chi connectivity index (χ1) is 11.1. The molecule has 3 rings (SSSR count). The van der Waals surface area contributed by atoms with Crippen molar-refractivity contribution in [3.05, 3.63) is 51.7 Å². The van der Waals surface area contributed by atoms with Crippen molar-refractivity contribution in [2.24, 2.45) is 5.92 Å². The highest BCUT2D eigenvalue weighted by Crippen LogP contribution is 2.34. The van der Waals surface area contributed by atoms with E-state index in [1.807, 2.05) is 12.1 Å². The van der Waals surface area contributed by atoms with Crippen LogP contribution in [0.1, 0.15) is 10.8 Å². The molecule has 2 heterocycles. The number of thiophene rings is 1. The van der Waals surface area contributed by atoms with Gasteiger partial charge in [0.25, 0.3) is 0 Å². The van der Waals surface area contributed by atoms with Gasteiger partial charge in [0, 0.05) is 30.4 Å². The number of likely N-dealkylation sites (N-methyl/N-ethyl adjacent to an activating group) is 1. The Kier molecular flexibility index (Phi) is 5.20. The lowest BCUT2D eigenvalue weighted by atomic mass is 9.94. The number of para-hydroxylation sites is 1. The highest BCUT2D eigenvalue weighted by molar-refractivity contribution is 7.10. The van der Waals surface area contributed by atoms with Gasteiger partial charge in [-0.3, -0.25) is 0 Å². The van der Waals surface area contributed by atoms with E-state index in [4.69, 9.17) is 11.6 Å². The molecule has 1 aromatic carbocycles. The van der Waals surface area contributed by atoms with Crippen LogP contribution in [0, 0.1) is 5.92 Å². The molecular weight excluding hydrogens is 330 g/mol. The molecule has 2 N–H and O–H groups in total. The second-order valence-electron chi connectivity index (χ2n) is 5.92. The maximum atomic E-state index is 12.1. The summed E-state index contributed by atoms with van der Waals surface area (Å²) in [4.78, 5) is 15.8. The summed E-state index contributed by atoms with van der Waals surface area (Å²) in [7, 11) is 2.13. The van der Waals surface area contributed by atoms with Crippen LogP contribution in [-0.4, -0.2) is 37.6 Å². The molecule has 23 heavy (non-hydrogen) atoms. The number of nitrogens with one attached hydrogen (secondary N) is 2. The highest BCUT2D eigenvalue weighted by atomic mass is 35.5. The molecule has 0 radical (unpaired) electrons. The SMILES string of the molecule is CN1CC(CNC(=O)Nc2ccccc2Cl)C(c2cccs2)C1. The Balaban J connectivity index is 1.57. The summed E-state index contributed by atoms with van der Waals surface area (Å²) in [6, 6.07) is 11.3. The lowest BCUT2D eigenvalue weighted by molar-refractivity contribution is 0.249. The number of likely N-dealkylation sites (tertiary alicyclic amines) is 1. The van der Waals surface area contributed by atoms with E-state index in [1.165, 1.54) is 4.88 Å². The van der Waals surface area contributed by atoms with Crippen LogP contribution in [-0.2, 0) is 0 Å². The Labute approximate surface area is 145 Å². The van der Waals surface area contributed by atoms with Crippen molar-refractivity contribution in [3.8, 4) is 0 Å². The van der Waals surface area contributed by atoms with Gasteiger partial charge >= 0.3 is 6.03 Å². The van der Waals surface area contributed by atoms with Crippen molar-refractivity contribution in [1.82, 2.24) is 10.2 Å². The molecule has 2 atom stereocenters. The number of rotatable bonds is 4. The maximum absolute atomic E-state index is 12.1. The molecule has 0 saturated carbocycles. The fraction of sp³-hybridized carbons (Fsp3) is 0.353. The van der Waals surface area contributed by atoms with E-state index in [-0.39, 0.29) is 6.03 Å². The fourth-order valence-electron chi connectivity index (χ4n) is 3.07. The lowest BCUT2D eigenvalue weighted by Crippen LogP contribution is -2.35. The zero-order chi connectivity index (χ0) is 16.2. The number of benzene rings is 1. The molecule has 1 fully saturated rings. The maximum Gasteiger partial charge on any atom is 0.319 e. The Morgan fingerprint density at radius 1 is 1.30 bits per heavy atom. The Bertz CT molecular complexity index is 662. The minimum Gasteiger partial charge on any atom is -0.338 e. The van der Waals surface area contributed by atoms with Crippen LogP contribution in [0.5, 0.6) is 0 Å². The molecule has 0 spiro atoms. The van der Waals surface area contributed by atoms with Crippen LogP contribution in [0.25, 0.3) is 0 Å². The summed E-state index contributed by atoms with van der Waals surface area (Å²) >= 11 is 7.85. The molecule has 2 unspecified atom stereocenters. The van der Waals surface area contributed by atoms with E-state index in [1.54, 1.807) is 23.5 Å². The van der Waals surface area contributed by atoms with Crippen LogP contribution in [0.3, 0.4) is 0 Å². The predicted molar refractivity (Wildman–Crippen MR) is 96.5 cm³/mol. The number of halogens is 1. The normalized spacial score (nSPS) is 21.3. The molecule has 6 heteroatoms. The van der Waals surface area contributed by atoms with Gasteiger partial charge < -0.3 is 15.5 Å². The second kappa shape index (κ2) is 7.34. The Hall–Kier alpha value is -1.56. The first kappa shape index (κ1) is 16.3. The van der Waals surface area contributed by atoms with Gasteiger partial charge in [-0.2, -0.15) is 0 Å². The van der Waals surface area contributed by atoms with Gasteiger partial charge in [0.1, 0.15) is 0 Å². The van der Waals surface area contributed by atoms with Crippen molar-refractivity contribution >= 4 is 34.7 Å². The monoisotopic (exact) mass is 349 g/mol. The Morgan fingerprint density at radius 2 is 2.13 bits per heavy atom. The highest BCUT2D eigenvalue weighted by Gasteiger charge is 2.32. The molecular formula is C17H20ClN3OS. The van der Waals surface area contributed by atoms with E-state index in [0.717, 1.165) is 13.1 Å². The lowest BCUT2D eigenvalue weighted by Gasteiger charge is -2.18. The molecule has 2 aromatic rings. The third kappa shape index (κ3) is 4.05. The number of amides is 2. The van der Waals surface area contributed by atoms with Crippen LogP contribution in [0.2, 0.25) is 5.02 Å². The smallest absolute Gasteiger partial charge is 0.319 e. The molecule has 0 aliphatic carbocycles. The first-order valence-electron chi connectivity index (χ1n) is 7.65. The summed E-state index contributed by atoms with van der Waals surface area (Å²) in [5.74, 6) is 0.913. The van der Waals surface area contributed by atoms with Crippen molar-refractivity contribution < 1.29 is 4.79 Å². The van der Waals surface area contributed by atoms with Crippen LogP contribution in [0.4, 0.5) is 10.5 Å². The molecule has 0 bridgehead atoms. The number of anilines is 1. The molecule has 4 nitrogen and oxygen atoms in total. The molecule has 1 aliphatic rings. The topological polar surface area (TPSA) is 44.4 Å². The largest absolute Gasteiger partial charge is 0.338 e. The van der Waals surface area contributed by atoms with E-state index in [9.17, 15) is 4.79 Å². The average Bonchev–Trinajstić information content (AvgIpc) is 3.16. The van der Waals surface area contributed by atoms with Crippen LogP contribution >= 0.6 is 22.9 Å². The molecule has 1 saturated heterocycles. The molecule has 1 aliphatic heterocycles. The third-order valence-corrected chi connectivity index (χ3v) is 5.51. The number of carbonyl (C=O) groups is 1. The quantitative estimate of drug-likeness (QED) is 0.880. The number of hydrogen-bond acceptors (Lipinski definition) is 3. The number of carbonyl (C=O) groups excluding carboxylic acids is 1. The van der Waals surface area contributed by atoms with Crippen LogP contribution < -0.4 is 10.6 Å². The fourth-order valence-corrected chi connectivity index (χ4v) is 4.17. The molecule has 2 amide bonds. The van der Waals surface area contributed by atoms with E-state index < -0.39 is 0 Å². The zero-order valence-corrected chi connectivity index (χ0v) is 14.5. The summed E-state index contributed by atoms with van der Waals surface area (Å²) in [5, 5.41) is 8.44. The Morgan fingerprint density at radius 3 is 2.87 bits per heavy atom. The number of urea groups is 1. The minimum atomic E-state index is -0.211. The van der Waals surface area contributed by atoms with Gasteiger partial charge in [0.15, 0.2) is 0 Å². The van der Waals surface area contributed by atoms with Crippen molar-refractivity contribution in [1.29, 1.82) is 0 Å². The second-order valence-corrected chi connectivity index (χ2v) is 7.30. The predicted octanol–water partition coefficient (Wildman–Crippen LogP) is 3.87. The summed E-state index contributed by atoms with van der Waals surface area (Å²) < 4.78 is 0. The first-order valence-corrected chi connectivity index (χ1v) is 8.90. The van der Waals surface area contributed by atoms with Crippen molar-refractivity contribution in [2.45, 2.75) is 5.92 Å². The third-order valence-electron chi connectivity index (χ3n) is 4.18. The zero-order valence-electron chi connectivity index (χ0n) is 13.0. The standard InChI is InChI=1S/C17H20ClN3OS/c1-21-10-12(13(11-21)16-7-4-8-23-16)9-19-17(22)20-15-6-3-2-5-14(15)18/h2-8,12-13H,9-11H2,1H3,(H2,19,20,22). The van der Waals surface area contributed by atoms with E-state index in [0.29, 0.717) is 29.1 Å². The summed E-state index contributed by atoms with van der Waals surface area (Å²) in [5.41, 5.74) is 0.630. The van der Waals surface area contributed by atoms with Crippen molar-refractivity contribution in [2.75, 3.05) is 32.0 Å². The van der Waals surface area contributed by atoms with Crippen LogP contribution in [0.15, 0.2) is 41.8 Å². The van der Waals surface area contributed by atoms with Gasteiger partial charge in [-0.05, 0) is 36.5 Å². The average molecular weight is 350 g/mol. The van der Waals surface area contributed by atoms with Crippen molar-refractivity contribution in [3.63, 3.8) is 0 Å². The molecule has 1 aromatic heterocycles. The van der Waals surface area contributed by atoms with E-state index in [2.05, 4.69) is 40.1 Å². The van der Waals surface area contributed by atoms with E-state index >= 15 is 0 Å². The van der Waals surface area contributed by atoms with Gasteiger partial charge in [-0.1, -0.05) is 29.8 Å². The van der Waals surface area contributed by atoms with Gasteiger partial charge in [-0.15, -0.1) is 11.3 Å². The van der Waals surface area contributed by atoms with Gasteiger partial charge in [0.2, 0.25) is 0 Å². The summed E-state index contributed by atoms with van der Waals surface area (Å²) in [6.45, 7) is 2.69. The van der Waals surface area contributed by atoms with Gasteiger partial charge in [0.05, 0.1) is 10.7 Å². The number of hydrogen-bond donors (Lipinski definition) is 2.